The summed E-state index contributed by atoms with van der Waals surface area (Å²) >= 11 is 0. The second-order valence-corrected chi connectivity index (χ2v) is 6.00. The molecule has 0 aromatic carbocycles. The lowest BCUT2D eigenvalue weighted by atomic mass is 10.0. The second kappa shape index (κ2) is 7.84. The van der Waals surface area contributed by atoms with Crippen molar-refractivity contribution in [1.29, 1.82) is 0 Å². The zero-order chi connectivity index (χ0) is 15.9. The predicted octanol–water partition coefficient (Wildman–Crippen LogP) is 0.527. The fourth-order valence-electron chi connectivity index (χ4n) is 1.38. The van der Waals surface area contributed by atoms with Gasteiger partial charge in [0.1, 0.15) is 5.60 Å². The van der Waals surface area contributed by atoms with Crippen molar-refractivity contribution in [2.24, 2.45) is 11.7 Å². The zero-order valence-corrected chi connectivity index (χ0v) is 12.8. The normalized spacial score (nSPS) is 12.8. The quantitative estimate of drug-likeness (QED) is 0.683. The van der Waals surface area contributed by atoms with Crippen molar-refractivity contribution in [2.45, 2.75) is 52.7 Å². The third kappa shape index (κ3) is 9.32. The summed E-state index contributed by atoms with van der Waals surface area (Å²) in [7, 11) is 0. The van der Waals surface area contributed by atoms with Gasteiger partial charge in [-0.15, -0.1) is 0 Å². The Morgan fingerprint density at radius 3 is 2.20 bits per heavy atom. The lowest BCUT2D eigenvalue weighted by molar-refractivity contribution is -0.126. The van der Waals surface area contributed by atoms with Gasteiger partial charge in [0.25, 0.3) is 0 Å². The average Bonchev–Trinajstić information content (AvgIpc) is 2.21. The Hall–Kier alpha value is -1.63. The van der Waals surface area contributed by atoms with Crippen molar-refractivity contribution in [2.75, 3.05) is 6.54 Å². The molecule has 0 unspecified atom stereocenters. The Kier molecular flexibility index (Phi) is 7.20. The van der Waals surface area contributed by atoms with E-state index in [9.17, 15) is 14.4 Å². The Morgan fingerprint density at radius 1 is 1.20 bits per heavy atom. The standard InChI is InChI=1S/C13H25N3O4/c1-8(2)6-9(14)11(18)15-7-10(17)16-12(19)20-13(3,4)5/h8-9H,6-7,14H2,1-5H3,(H,15,18)(H,16,17,19)/t9-/m0/s1. The van der Waals surface area contributed by atoms with Crippen LogP contribution in [0.15, 0.2) is 0 Å². The Morgan fingerprint density at radius 2 is 1.75 bits per heavy atom. The maximum Gasteiger partial charge on any atom is 0.414 e. The van der Waals surface area contributed by atoms with Gasteiger partial charge in [-0.25, -0.2) is 4.79 Å². The molecular weight excluding hydrogens is 262 g/mol. The molecule has 0 heterocycles. The van der Waals surface area contributed by atoms with Crippen LogP contribution in [0.1, 0.15) is 41.0 Å². The smallest absolute Gasteiger partial charge is 0.414 e. The number of carbonyl (C=O) groups is 3. The number of hydrogen-bond donors (Lipinski definition) is 3. The summed E-state index contributed by atoms with van der Waals surface area (Å²) in [6.07, 6.45) is -0.317. The topological polar surface area (TPSA) is 111 Å². The minimum absolute atomic E-state index is 0.284. The lowest BCUT2D eigenvalue weighted by Crippen LogP contribution is -2.47. The summed E-state index contributed by atoms with van der Waals surface area (Å²) in [6.45, 7) is 8.63. The molecule has 4 N–H and O–H groups in total. The molecule has 0 saturated carbocycles. The molecule has 0 saturated heterocycles. The van der Waals surface area contributed by atoms with Crippen LogP contribution >= 0.6 is 0 Å². The first-order valence-electron chi connectivity index (χ1n) is 6.57. The lowest BCUT2D eigenvalue weighted by Gasteiger charge is -2.19. The second-order valence-electron chi connectivity index (χ2n) is 6.00. The highest BCUT2D eigenvalue weighted by atomic mass is 16.6. The van der Waals surface area contributed by atoms with Gasteiger partial charge in [0.15, 0.2) is 0 Å². The predicted molar refractivity (Wildman–Crippen MR) is 74.8 cm³/mol. The van der Waals surface area contributed by atoms with E-state index in [0.29, 0.717) is 6.42 Å². The van der Waals surface area contributed by atoms with Crippen molar-refractivity contribution < 1.29 is 19.1 Å². The van der Waals surface area contributed by atoms with Crippen LogP contribution in [0, 0.1) is 5.92 Å². The van der Waals surface area contributed by atoms with E-state index in [-0.39, 0.29) is 12.5 Å². The SMILES string of the molecule is CC(C)C[C@H](N)C(=O)NCC(=O)NC(=O)OC(C)(C)C. The van der Waals surface area contributed by atoms with E-state index in [1.807, 2.05) is 19.2 Å². The summed E-state index contributed by atoms with van der Waals surface area (Å²) in [5.74, 6) is -0.784. The number of amides is 3. The van der Waals surface area contributed by atoms with Crippen LogP contribution < -0.4 is 16.4 Å². The van der Waals surface area contributed by atoms with Crippen LogP contribution in [0.5, 0.6) is 0 Å². The minimum Gasteiger partial charge on any atom is -0.444 e. The Balaban J connectivity index is 4.05. The first-order chi connectivity index (χ1) is 9.01. The molecule has 0 spiro atoms. The fourth-order valence-corrected chi connectivity index (χ4v) is 1.38. The summed E-state index contributed by atoms with van der Waals surface area (Å²) < 4.78 is 4.91. The number of rotatable bonds is 5. The molecule has 0 aromatic rings. The summed E-state index contributed by atoms with van der Waals surface area (Å²) in [4.78, 5) is 34.3. The van der Waals surface area contributed by atoms with E-state index in [4.69, 9.17) is 10.5 Å². The van der Waals surface area contributed by atoms with E-state index in [2.05, 4.69) is 5.32 Å². The molecule has 0 aliphatic rings. The molecule has 0 aliphatic heterocycles. The number of hydrogen-bond acceptors (Lipinski definition) is 5. The van der Waals surface area contributed by atoms with Gasteiger partial charge in [-0.1, -0.05) is 13.8 Å². The summed E-state index contributed by atoms with van der Waals surface area (Å²) in [6, 6.07) is -0.663. The van der Waals surface area contributed by atoms with Crippen LogP contribution in [0.2, 0.25) is 0 Å². The molecule has 7 nitrogen and oxygen atoms in total. The molecule has 0 aromatic heterocycles. The number of imide groups is 1. The zero-order valence-electron chi connectivity index (χ0n) is 12.8. The highest BCUT2D eigenvalue weighted by Gasteiger charge is 2.19. The molecule has 0 rings (SSSR count). The molecule has 0 aliphatic carbocycles. The van der Waals surface area contributed by atoms with Crippen LogP contribution in [-0.2, 0) is 14.3 Å². The Labute approximate surface area is 119 Å². The van der Waals surface area contributed by atoms with E-state index < -0.39 is 29.6 Å². The van der Waals surface area contributed by atoms with Gasteiger partial charge in [-0.2, -0.15) is 0 Å². The van der Waals surface area contributed by atoms with Crippen LogP contribution in [0.3, 0.4) is 0 Å². The third-order valence-corrected chi connectivity index (χ3v) is 2.13. The molecule has 0 radical (unpaired) electrons. The van der Waals surface area contributed by atoms with Gasteiger partial charge in [0, 0.05) is 0 Å². The van der Waals surface area contributed by atoms with Gasteiger partial charge in [0.2, 0.25) is 11.8 Å². The van der Waals surface area contributed by atoms with Crippen LogP contribution in [0.25, 0.3) is 0 Å². The number of ether oxygens (including phenoxy) is 1. The molecule has 1 atom stereocenters. The molecule has 20 heavy (non-hydrogen) atoms. The number of nitrogens with one attached hydrogen (secondary N) is 2. The van der Waals surface area contributed by atoms with E-state index in [0.717, 1.165) is 0 Å². The van der Waals surface area contributed by atoms with Crippen LogP contribution in [0.4, 0.5) is 4.79 Å². The average molecular weight is 287 g/mol. The largest absolute Gasteiger partial charge is 0.444 e. The van der Waals surface area contributed by atoms with Crippen LogP contribution in [-0.4, -0.2) is 36.1 Å². The fraction of sp³-hybridized carbons (Fsp3) is 0.769. The van der Waals surface area contributed by atoms with Crippen molar-refractivity contribution in [3.63, 3.8) is 0 Å². The Bertz CT molecular complexity index is 361. The highest BCUT2D eigenvalue weighted by Crippen LogP contribution is 2.06. The highest BCUT2D eigenvalue weighted by molar-refractivity contribution is 5.95. The maximum atomic E-state index is 11.6. The maximum absolute atomic E-state index is 11.6. The van der Waals surface area contributed by atoms with E-state index in [1.54, 1.807) is 20.8 Å². The first-order valence-corrected chi connectivity index (χ1v) is 6.57. The van der Waals surface area contributed by atoms with Crippen molar-refractivity contribution in [3.05, 3.63) is 0 Å². The molecule has 0 fully saturated rings. The number of nitrogens with two attached hydrogens (primary N) is 1. The molecule has 116 valence electrons. The first kappa shape index (κ1) is 18.4. The molecular formula is C13H25N3O4. The van der Waals surface area contributed by atoms with E-state index in [1.165, 1.54) is 0 Å². The van der Waals surface area contributed by atoms with Gasteiger partial charge in [-0.05, 0) is 33.1 Å². The van der Waals surface area contributed by atoms with Crippen molar-refractivity contribution >= 4 is 17.9 Å². The third-order valence-electron chi connectivity index (χ3n) is 2.13. The van der Waals surface area contributed by atoms with Crippen molar-refractivity contribution in [1.82, 2.24) is 10.6 Å². The van der Waals surface area contributed by atoms with Gasteiger partial charge >= 0.3 is 6.09 Å². The van der Waals surface area contributed by atoms with E-state index >= 15 is 0 Å². The van der Waals surface area contributed by atoms with Gasteiger partial charge in [0.05, 0.1) is 12.6 Å². The molecule has 3 amide bonds. The minimum atomic E-state index is -0.844. The molecule has 7 heteroatoms. The number of carbonyl (C=O) groups excluding carboxylic acids is 3. The van der Waals surface area contributed by atoms with Gasteiger partial charge in [-0.3, -0.25) is 14.9 Å². The molecule has 0 bridgehead atoms. The van der Waals surface area contributed by atoms with Crippen molar-refractivity contribution in [3.8, 4) is 0 Å². The summed E-state index contributed by atoms with van der Waals surface area (Å²) in [5, 5.41) is 4.39. The van der Waals surface area contributed by atoms with Gasteiger partial charge < -0.3 is 15.8 Å². The monoisotopic (exact) mass is 287 g/mol. The number of alkyl carbamates (subject to hydrolysis) is 1. The summed E-state index contributed by atoms with van der Waals surface area (Å²) in [5.41, 5.74) is 4.97.